The summed E-state index contributed by atoms with van der Waals surface area (Å²) in [6.45, 7) is -1.69. The predicted molar refractivity (Wildman–Crippen MR) is 94.8 cm³/mol. The molecule has 0 aliphatic carbocycles. The van der Waals surface area contributed by atoms with Crippen LogP contribution < -0.4 is 5.32 Å². The van der Waals surface area contributed by atoms with Gasteiger partial charge in [-0.2, -0.15) is 8.78 Å². The quantitative estimate of drug-likeness (QED) is 0.523. The molecule has 28 heavy (non-hydrogen) atoms. The van der Waals surface area contributed by atoms with Gasteiger partial charge in [0.15, 0.2) is 0 Å². The van der Waals surface area contributed by atoms with Gasteiger partial charge in [0.05, 0.1) is 12.9 Å². The standard InChI is InChI=1S/C18H14F4N2O3S/c19-17(20)18(21,22)10-27-7-11-2-1-3-13(6-11)23-15(25)14-9-28-16(24-14)12-4-5-26-8-12/h1-6,8-9,17H,7,10H2,(H,23,25). The largest absolute Gasteiger partial charge is 0.472 e. The third kappa shape index (κ3) is 4.96. The normalized spacial score (nSPS) is 11.8. The number of amides is 1. The van der Waals surface area contributed by atoms with E-state index in [-0.39, 0.29) is 12.3 Å². The number of carbonyl (C=O) groups is 1. The predicted octanol–water partition coefficient (Wildman–Crippen LogP) is 5.07. The number of ether oxygens (including phenoxy) is 1. The summed E-state index contributed by atoms with van der Waals surface area (Å²) in [5, 5.41) is 4.86. The first kappa shape index (κ1) is 20.0. The van der Waals surface area contributed by atoms with Crippen LogP contribution in [-0.2, 0) is 11.3 Å². The lowest BCUT2D eigenvalue weighted by atomic mass is 10.2. The van der Waals surface area contributed by atoms with E-state index in [1.807, 2.05) is 0 Å². The average molecular weight is 414 g/mol. The minimum atomic E-state index is -4.21. The summed E-state index contributed by atoms with van der Waals surface area (Å²) >= 11 is 1.28. The fourth-order valence-corrected chi connectivity index (χ4v) is 2.99. The van der Waals surface area contributed by atoms with E-state index in [2.05, 4.69) is 15.0 Å². The Morgan fingerprint density at radius 3 is 2.86 bits per heavy atom. The van der Waals surface area contributed by atoms with Crippen LogP contribution in [0.5, 0.6) is 0 Å². The van der Waals surface area contributed by atoms with Gasteiger partial charge in [-0.15, -0.1) is 11.3 Å². The molecule has 10 heteroatoms. The lowest BCUT2D eigenvalue weighted by Gasteiger charge is -2.15. The van der Waals surface area contributed by atoms with Gasteiger partial charge >= 0.3 is 12.3 Å². The first-order valence-electron chi connectivity index (χ1n) is 7.97. The first-order valence-corrected chi connectivity index (χ1v) is 8.85. The maximum absolute atomic E-state index is 12.8. The van der Waals surface area contributed by atoms with E-state index in [0.717, 1.165) is 5.56 Å². The average Bonchev–Trinajstić information content (AvgIpc) is 3.33. The number of nitrogens with one attached hydrogen (secondary N) is 1. The summed E-state index contributed by atoms with van der Waals surface area (Å²) in [5.41, 5.74) is 1.80. The highest BCUT2D eigenvalue weighted by Gasteiger charge is 2.40. The Bertz CT molecular complexity index is 929. The Labute approximate surface area is 161 Å². The number of hydrogen-bond acceptors (Lipinski definition) is 5. The maximum atomic E-state index is 12.8. The van der Waals surface area contributed by atoms with Crippen molar-refractivity contribution in [2.24, 2.45) is 0 Å². The van der Waals surface area contributed by atoms with Crippen LogP contribution in [0.2, 0.25) is 0 Å². The van der Waals surface area contributed by atoms with E-state index in [0.29, 0.717) is 16.3 Å². The number of furan rings is 1. The third-order valence-corrected chi connectivity index (χ3v) is 4.46. The van der Waals surface area contributed by atoms with E-state index in [1.54, 1.807) is 29.6 Å². The van der Waals surface area contributed by atoms with Crippen molar-refractivity contribution in [3.05, 3.63) is 59.5 Å². The molecule has 1 aromatic carbocycles. The van der Waals surface area contributed by atoms with E-state index in [9.17, 15) is 22.4 Å². The van der Waals surface area contributed by atoms with Crippen molar-refractivity contribution >= 4 is 22.9 Å². The number of benzene rings is 1. The summed E-state index contributed by atoms with van der Waals surface area (Å²) < 4.78 is 59.6. The molecule has 0 unspecified atom stereocenters. The van der Waals surface area contributed by atoms with Crippen LogP contribution in [0.15, 0.2) is 52.7 Å². The van der Waals surface area contributed by atoms with Crippen LogP contribution in [0, 0.1) is 0 Å². The molecule has 0 saturated carbocycles. The van der Waals surface area contributed by atoms with Gasteiger partial charge in [0.2, 0.25) is 0 Å². The summed E-state index contributed by atoms with van der Waals surface area (Å²) in [6.07, 6.45) is -0.772. The van der Waals surface area contributed by atoms with Crippen LogP contribution in [0.25, 0.3) is 10.6 Å². The summed E-state index contributed by atoms with van der Waals surface area (Å²) in [6, 6.07) is 7.97. The van der Waals surface area contributed by atoms with Crippen LogP contribution in [-0.4, -0.2) is 29.8 Å². The minimum Gasteiger partial charge on any atom is -0.472 e. The maximum Gasteiger partial charge on any atom is 0.330 e. The Morgan fingerprint density at radius 2 is 2.14 bits per heavy atom. The Hall–Kier alpha value is -2.72. The minimum absolute atomic E-state index is 0.208. The van der Waals surface area contributed by atoms with Crippen molar-refractivity contribution < 1.29 is 31.5 Å². The zero-order valence-corrected chi connectivity index (χ0v) is 15.0. The van der Waals surface area contributed by atoms with Crippen molar-refractivity contribution in [1.82, 2.24) is 4.98 Å². The SMILES string of the molecule is O=C(Nc1cccc(COCC(F)(F)C(F)F)c1)c1csc(-c2ccoc2)n1. The zero-order valence-electron chi connectivity index (χ0n) is 14.2. The molecule has 1 amide bonds. The number of halogens is 4. The lowest BCUT2D eigenvalue weighted by Crippen LogP contribution is -2.32. The number of nitrogens with zero attached hydrogens (tertiary/aromatic N) is 1. The highest BCUT2D eigenvalue weighted by Crippen LogP contribution is 2.25. The molecule has 0 spiro atoms. The summed E-state index contributed by atoms with van der Waals surface area (Å²) in [4.78, 5) is 16.6. The first-order chi connectivity index (χ1) is 13.3. The van der Waals surface area contributed by atoms with Crippen molar-refractivity contribution in [2.75, 3.05) is 11.9 Å². The molecule has 0 bridgehead atoms. The molecule has 3 rings (SSSR count). The molecule has 0 radical (unpaired) electrons. The van der Waals surface area contributed by atoms with Crippen molar-refractivity contribution in [3.8, 4) is 10.6 Å². The molecule has 0 fully saturated rings. The second kappa shape index (κ2) is 8.53. The van der Waals surface area contributed by atoms with Crippen molar-refractivity contribution in [1.29, 1.82) is 0 Å². The fraction of sp³-hybridized carbons (Fsp3) is 0.222. The molecular weight excluding hydrogens is 400 g/mol. The van der Waals surface area contributed by atoms with Crippen molar-refractivity contribution in [2.45, 2.75) is 19.0 Å². The van der Waals surface area contributed by atoms with Crippen LogP contribution in [0.1, 0.15) is 16.1 Å². The molecule has 2 heterocycles. The number of hydrogen-bond donors (Lipinski definition) is 1. The third-order valence-electron chi connectivity index (χ3n) is 3.57. The molecule has 0 aliphatic rings. The zero-order chi connectivity index (χ0) is 20.1. The fourth-order valence-electron chi connectivity index (χ4n) is 2.20. The number of thiazole rings is 1. The van der Waals surface area contributed by atoms with Gasteiger partial charge in [-0.05, 0) is 23.8 Å². The highest BCUT2D eigenvalue weighted by atomic mass is 32.1. The summed E-state index contributed by atoms with van der Waals surface area (Å²) in [7, 11) is 0. The van der Waals surface area contributed by atoms with Gasteiger partial charge in [-0.1, -0.05) is 12.1 Å². The molecule has 0 aliphatic heterocycles. The monoisotopic (exact) mass is 414 g/mol. The molecule has 2 aromatic heterocycles. The van der Waals surface area contributed by atoms with Crippen molar-refractivity contribution in [3.63, 3.8) is 0 Å². The van der Waals surface area contributed by atoms with Gasteiger partial charge in [0.25, 0.3) is 5.91 Å². The summed E-state index contributed by atoms with van der Waals surface area (Å²) in [5.74, 6) is -4.66. The van der Waals surface area contributed by atoms with Crippen LogP contribution in [0.3, 0.4) is 0 Å². The topological polar surface area (TPSA) is 64.4 Å². The Balaban J connectivity index is 1.59. The van der Waals surface area contributed by atoms with Crippen LogP contribution >= 0.6 is 11.3 Å². The Morgan fingerprint density at radius 1 is 1.32 bits per heavy atom. The molecule has 1 N–H and O–H groups in total. The van der Waals surface area contributed by atoms with Gasteiger partial charge in [0.1, 0.15) is 23.6 Å². The molecule has 0 atom stereocenters. The number of rotatable bonds is 8. The van der Waals surface area contributed by atoms with Gasteiger partial charge in [0, 0.05) is 16.6 Å². The smallest absolute Gasteiger partial charge is 0.330 e. The molecular formula is C18H14F4N2O3S. The molecule has 148 valence electrons. The number of alkyl halides is 4. The van der Waals surface area contributed by atoms with Gasteiger partial charge in [-0.3, -0.25) is 4.79 Å². The molecule has 3 aromatic rings. The number of anilines is 1. The van der Waals surface area contributed by atoms with E-state index in [4.69, 9.17) is 4.42 Å². The van der Waals surface area contributed by atoms with Gasteiger partial charge < -0.3 is 14.5 Å². The van der Waals surface area contributed by atoms with E-state index < -0.39 is 24.9 Å². The number of aromatic nitrogens is 1. The molecule has 0 saturated heterocycles. The van der Waals surface area contributed by atoms with E-state index in [1.165, 1.54) is 29.9 Å². The Kier molecular flexibility index (Phi) is 6.10. The second-order valence-corrected chi connectivity index (χ2v) is 6.62. The van der Waals surface area contributed by atoms with Crippen LogP contribution in [0.4, 0.5) is 23.2 Å². The highest BCUT2D eigenvalue weighted by molar-refractivity contribution is 7.13. The van der Waals surface area contributed by atoms with E-state index >= 15 is 0 Å². The number of carbonyl (C=O) groups excluding carboxylic acids is 1. The second-order valence-electron chi connectivity index (χ2n) is 5.76. The lowest BCUT2D eigenvalue weighted by molar-refractivity contribution is -0.168. The van der Waals surface area contributed by atoms with Gasteiger partial charge in [-0.25, -0.2) is 13.8 Å². The molecule has 5 nitrogen and oxygen atoms in total.